The maximum absolute atomic E-state index is 14.0. The van der Waals surface area contributed by atoms with Crippen LogP contribution >= 0.6 is 15.9 Å². The normalized spacial score (nSPS) is 12.7. The number of benzene rings is 1. The van der Waals surface area contributed by atoms with Gasteiger partial charge in [0.05, 0.1) is 16.8 Å². The Hall–Kier alpha value is -1.24. The summed E-state index contributed by atoms with van der Waals surface area (Å²) in [5, 5.41) is 0. The molecule has 1 heterocycles. The van der Waals surface area contributed by atoms with Gasteiger partial charge in [-0.3, -0.25) is 5.84 Å². The van der Waals surface area contributed by atoms with Gasteiger partial charge in [0.15, 0.2) is 0 Å². The lowest BCUT2D eigenvalue weighted by molar-refractivity contribution is 0.498. The Balaban J connectivity index is 2.55. The van der Waals surface area contributed by atoms with Crippen LogP contribution in [-0.2, 0) is 0 Å². The molecule has 0 amide bonds. The van der Waals surface area contributed by atoms with Crippen molar-refractivity contribution in [2.75, 3.05) is 0 Å². The molecule has 0 aliphatic rings. The predicted molar refractivity (Wildman–Crippen MR) is 66.7 cm³/mol. The summed E-state index contributed by atoms with van der Waals surface area (Å²) in [6.45, 7) is 1.74. The van der Waals surface area contributed by atoms with Crippen LogP contribution in [0.5, 0.6) is 0 Å². The van der Waals surface area contributed by atoms with Crippen LogP contribution in [0.15, 0.2) is 33.4 Å². The van der Waals surface area contributed by atoms with E-state index in [1.807, 2.05) is 0 Å². The van der Waals surface area contributed by atoms with Gasteiger partial charge >= 0.3 is 0 Å². The average molecular weight is 317 g/mol. The molecule has 0 fully saturated rings. The second kappa shape index (κ2) is 5.17. The minimum absolute atomic E-state index is 0.146. The molecule has 1 atom stereocenters. The zero-order chi connectivity index (χ0) is 13.3. The largest absolute Gasteiger partial charge is 0.469 e. The fourth-order valence-corrected chi connectivity index (χ4v) is 2.11. The van der Waals surface area contributed by atoms with Gasteiger partial charge in [-0.25, -0.2) is 14.2 Å². The van der Waals surface area contributed by atoms with Gasteiger partial charge in [0, 0.05) is 11.1 Å². The second-order valence-electron chi connectivity index (χ2n) is 3.85. The number of furan rings is 1. The van der Waals surface area contributed by atoms with Crippen molar-refractivity contribution >= 4 is 15.9 Å². The van der Waals surface area contributed by atoms with Crippen molar-refractivity contribution in [2.45, 2.75) is 13.0 Å². The van der Waals surface area contributed by atoms with Crippen LogP contribution in [-0.4, -0.2) is 0 Å². The fraction of sp³-hybridized carbons (Fsp3) is 0.167. The van der Waals surface area contributed by atoms with Gasteiger partial charge in [0.2, 0.25) is 0 Å². The van der Waals surface area contributed by atoms with Crippen LogP contribution in [0, 0.1) is 18.6 Å². The molecule has 0 saturated heterocycles. The minimum atomic E-state index is -0.806. The highest BCUT2D eigenvalue weighted by atomic mass is 79.9. The van der Waals surface area contributed by atoms with E-state index in [0.29, 0.717) is 11.3 Å². The molecule has 3 nitrogen and oxygen atoms in total. The predicted octanol–water partition coefficient (Wildman–Crippen LogP) is 3.18. The molecule has 1 aromatic carbocycles. The number of halogens is 3. The van der Waals surface area contributed by atoms with Crippen molar-refractivity contribution in [3.8, 4) is 0 Å². The summed E-state index contributed by atoms with van der Waals surface area (Å²) in [7, 11) is 0. The van der Waals surface area contributed by atoms with E-state index < -0.39 is 17.7 Å². The Bertz CT molecular complexity index is 571. The molecule has 2 aromatic rings. The third kappa shape index (κ3) is 2.31. The molecule has 0 saturated carbocycles. The van der Waals surface area contributed by atoms with Crippen LogP contribution in [0.3, 0.4) is 0 Å². The zero-order valence-corrected chi connectivity index (χ0v) is 11.1. The molecule has 1 unspecified atom stereocenters. The van der Waals surface area contributed by atoms with Gasteiger partial charge in [-0.1, -0.05) is 0 Å². The summed E-state index contributed by atoms with van der Waals surface area (Å²) in [6.07, 6.45) is 1.42. The molecule has 0 spiro atoms. The Kier molecular flexibility index (Phi) is 3.79. The lowest BCUT2D eigenvalue weighted by atomic mass is 10.0. The standard InChI is InChI=1S/C12H11BrF2N2O/c1-6-4-7(5-18-6)12(17-16)10-9(14)3-2-8(13)11(10)15/h2-5,12,17H,16H2,1H3. The van der Waals surface area contributed by atoms with Crippen molar-refractivity contribution in [1.29, 1.82) is 0 Å². The lowest BCUT2D eigenvalue weighted by Gasteiger charge is -2.16. The van der Waals surface area contributed by atoms with Crippen molar-refractivity contribution in [1.82, 2.24) is 5.43 Å². The van der Waals surface area contributed by atoms with Crippen molar-refractivity contribution in [3.05, 3.63) is 57.5 Å². The van der Waals surface area contributed by atoms with Gasteiger partial charge in [-0.2, -0.15) is 0 Å². The van der Waals surface area contributed by atoms with Crippen LogP contribution in [0.25, 0.3) is 0 Å². The summed E-state index contributed by atoms with van der Waals surface area (Å²) in [4.78, 5) is 0. The smallest absolute Gasteiger partial charge is 0.145 e. The monoisotopic (exact) mass is 316 g/mol. The Labute approximate surface area is 111 Å². The second-order valence-corrected chi connectivity index (χ2v) is 4.70. The first-order chi connectivity index (χ1) is 8.54. The minimum Gasteiger partial charge on any atom is -0.469 e. The molecular formula is C12H11BrF2N2O. The maximum atomic E-state index is 14.0. The summed E-state index contributed by atoms with van der Waals surface area (Å²) >= 11 is 3.02. The Morgan fingerprint density at radius 1 is 1.39 bits per heavy atom. The topological polar surface area (TPSA) is 51.2 Å². The van der Waals surface area contributed by atoms with E-state index >= 15 is 0 Å². The Morgan fingerprint density at radius 3 is 2.67 bits per heavy atom. The van der Waals surface area contributed by atoms with Crippen molar-refractivity contribution in [2.24, 2.45) is 5.84 Å². The zero-order valence-electron chi connectivity index (χ0n) is 9.51. The molecule has 0 bridgehead atoms. The fourth-order valence-electron chi connectivity index (χ4n) is 1.77. The molecule has 0 aliphatic heterocycles. The van der Waals surface area contributed by atoms with Gasteiger partial charge in [-0.05, 0) is 41.1 Å². The third-order valence-corrected chi connectivity index (χ3v) is 3.23. The molecule has 2 rings (SSSR count). The Morgan fingerprint density at radius 2 is 2.11 bits per heavy atom. The van der Waals surface area contributed by atoms with E-state index in [9.17, 15) is 8.78 Å². The van der Waals surface area contributed by atoms with E-state index in [-0.39, 0.29) is 10.0 Å². The van der Waals surface area contributed by atoms with E-state index in [1.165, 1.54) is 18.4 Å². The first kappa shape index (κ1) is 13.2. The third-order valence-electron chi connectivity index (χ3n) is 2.62. The number of nitrogens with two attached hydrogens (primary N) is 1. The molecule has 18 heavy (non-hydrogen) atoms. The number of aryl methyl sites for hydroxylation is 1. The average Bonchev–Trinajstić information content (AvgIpc) is 2.76. The number of hydrazine groups is 1. The molecule has 3 N–H and O–H groups in total. The highest BCUT2D eigenvalue weighted by Crippen LogP contribution is 2.31. The van der Waals surface area contributed by atoms with Crippen molar-refractivity contribution < 1.29 is 13.2 Å². The summed E-state index contributed by atoms with van der Waals surface area (Å²) < 4.78 is 33.1. The van der Waals surface area contributed by atoms with Gasteiger partial charge in [-0.15, -0.1) is 0 Å². The van der Waals surface area contributed by atoms with Crippen LogP contribution in [0.2, 0.25) is 0 Å². The van der Waals surface area contributed by atoms with Crippen LogP contribution < -0.4 is 11.3 Å². The van der Waals surface area contributed by atoms with Gasteiger partial charge < -0.3 is 4.42 Å². The van der Waals surface area contributed by atoms with E-state index in [0.717, 1.165) is 0 Å². The molecule has 6 heteroatoms. The lowest BCUT2D eigenvalue weighted by Crippen LogP contribution is -2.30. The number of nitrogens with one attached hydrogen (secondary N) is 1. The molecule has 0 radical (unpaired) electrons. The molecule has 96 valence electrons. The first-order valence-electron chi connectivity index (χ1n) is 5.19. The molecule has 1 aromatic heterocycles. The quantitative estimate of drug-likeness (QED) is 0.519. The van der Waals surface area contributed by atoms with Gasteiger partial charge in [0.25, 0.3) is 0 Å². The van der Waals surface area contributed by atoms with Crippen molar-refractivity contribution in [3.63, 3.8) is 0 Å². The maximum Gasteiger partial charge on any atom is 0.145 e. The molecular weight excluding hydrogens is 306 g/mol. The first-order valence-corrected chi connectivity index (χ1v) is 5.98. The summed E-state index contributed by atoms with van der Waals surface area (Å²) in [5.74, 6) is 4.68. The SMILES string of the molecule is Cc1cc(C(NN)c2c(F)ccc(Br)c2F)co1. The van der Waals surface area contributed by atoms with E-state index in [4.69, 9.17) is 10.3 Å². The highest BCUT2D eigenvalue weighted by Gasteiger charge is 2.23. The van der Waals surface area contributed by atoms with Crippen LogP contribution in [0.4, 0.5) is 8.78 Å². The number of hydrogen-bond acceptors (Lipinski definition) is 3. The summed E-state index contributed by atoms with van der Waals surface area (Å²) in [6, 6.07) is 3.35. The number of rotatable bonds is 3. The molecule has 0 aliphatic carbocycles. The highest BCUT2D eigenvalue weighted by molar-refractivity contribution is 9.10. The van der Waals surface area contributed by atoms with E-state index in [1.54, 1.807) is 13.0 Å². The van der Waals surface area contributed by atoms with E-state index in [2.05, 4.69) is 21.4 Å². The van der Waals surface area contributed by atoms with Gasteiger partial charge in [0.1, 0.15) is 17.4 Å². The number of hydrogen-bond donors (Lipinski definition) is 2. The summed E-state index contributed by atoms with van der Waals surface area (Å²) in [5.41, 5.74) is 2.81. The van der Waals surface area contributed by atoms with Crippen LogP contribution in [0.1, 0.15) is 22.9 Å².